The average molecular weight is 424 g/mol. The Hall–Kier alpha value is -1.14. The van der Waals surface area contributed by atoms with Crippen LogP contribution in [0.1, 0.15) is 31.9 Å². The summed E-state index contributed by atoms with van der Waals surface area (Å²) in [5.41, 5.74) is 3.71. The van der Waals surface area contributed by atoms with Gasteiger partial charge in [-0.25, -0.2) is 0 Å². The maximum Gasteiger partial charge on any atom is 0.171 e. The molecule has 0 aliphatic carbocycles. The van der Waals surface area contributed by atoms with E-state index in [9.17, 15) is 0 Å². The van der Waals surface area contributed by atoms with Gasteiger partial charge in [0.2, 0.25) is 0 Å². The molecule has 0 saturated carbocycles. The Kier molecular flexibility index (Phi) is 5.81. The van der Waals surface area contributed by atoms with Crippen molar-refractivity contribution in [1.29, 1.82) is 0 Å². The highest BCUT2D eigenvalue weighted by Crippen LogP contribution is 2.23. The molecule has 0 spiro atoms. The minimum atomic E-state index is 0.168. The molecule has 4 heteroatoms. The van der Waals surface area contributed by atoms with E-state index in [0.717, 1.165) is 12.2 Å². The smallest absolute Gasteiger partial charge is 0.171 e. The van der Waals surface area contributed by atoms with E-state index < -0.39 is 0 Å². The van der Waals surface area contributed by atoms with Crippen molar-refractivity contribution >= 4 is 45.6 Å². The lowest BCUT2D eigenvalue weighted by Gasteiger charge is -2.19. The number of hydrogen-bond donors (Lipinski definition) is 2. The highest BCUT2D eigenvalue weighted by molar-refractivity contribution is 14.1. The van der Waals surface area contributed by atoms with Crippen LogP contribution in [0, 0.1) is 3.57 Å². The summed E-state index contributed by atoms with van der Waals surface area (Å²) in [5, 5.41) is 7.10. The Bertz CT molecular complexity index is 645. The Labute approximate surface area is 151 Å². The molecule has 0 fully saturated rings. The molecule has 0 atom stereocenters. The predicted molar refractivity (Wildman–Crippen MR) is 107 cm³/mol. The van der Waals surface area contributed by atoms with E-state index in [4.69, 9.17) is 12.2 Å². The summed E-state index contributed by atoms with van der Waals surface area (Å²) in [7, 11) is 0. The minimum Gasteiger partial charge on any atom is -0.358 e. The zero-order chi connectivity index (χ0) is 16.2. The monoisotopic (exact) mass is 424 g/mol. The molecule has 0 amide bonds. The summed E-state index contributed by atoms with van der Waals surface area (Å²) in [6, 6.07) is 16.8. The van der Waals surface area contributed by atoms with Crippen molar-refractivity contribution in [3.63, 3.8) is 0 Å². The van der Waals surface area contributed by atoms with Gasteiger partial charge in [0.05, 0.1) is 0 Å². The first-order valence-corrected chi connectivity index (χ1v) is 8.73. The maximum absolute atomic E-state index is 5.35. The number of halogens is 1. The third-order valence-corrected chi connectivity index (χ3v) is 4.27. The van der Waals surface area contributed by atoms with Crippen LogP contribution in [-0.4, -0.2) is 5.11 Å². The third-order valence-electron chi connectivity index (χ3n) is 3.35. The van der Waals surface area contributed by atoms with E-state index in [0.29, 0.717) is 5.11 Å². The van der Waals surface area contributed by atoms with Crippen LogP contribution in [0.2, 0.25) is 0 Å². The second kappa shape index (κ2) is 7.42. The van der Waals surface area contributed by atoms with Gasteiger partial charge in [-0.15, -0.1) is 0 Å². The highest BCUT2D eigenvalue weighted by Gasteiger charge is 2.12. The van der Waals surface area contributed by atoms with Gasteiger partial charge in [-0.3, -0.25) is 0 Å². The Morgan fingerprint density at radius 3 is 2.36 bits per heavy atom. The molecule has 0 radical (unpaired) electrons. The molecule has 2 aromatic rings. The number of benzene rings is 2. The van der Waals surface area contributed by atoms with Crippen molar-refractivity contribution in [2.75, 3.05) is 5.32 Å². The third kappa shape index (κ3) is 5.25. The first-order valence-electron chi connectivity index (χ1n) is 7.24. The van der Waals surface area contributed by atoms with E-state index in [1.807, 2.05) is 0 Å². The molecule has 2 aromatic carbocycles. The molecular weight excluding hydrogens is 403 g/mol. The van der Waals surface area contributed by atoms with Crippen LogP contribution in [0.5, 0.6) is 0 Å². The maximum atomic E-state index is 5.35. The molecular formula is C18H21IN2S. The normalized spacial score (nSPS) is 11.1. The average Bonchev–Trinajstić information content (AvgIpc) is 2.45. The largest absolute Gasteiger partial charge is 0.358 e. The summed E-state index contributed by atoms with van der Waals surface area (Å²) in [6.45, 7) is 7.36. The lowest BCUT2D eigenvalue weighted by atomic mass is 9.87. The molecule has 116 valence electrons. The van der Waals surface area contributed by atoms with Crippen molar-refractivity contribution < 1.29 is 0 Å². The fourth-order valence-corrected chi connectivity index (χ4v) is 2.86. The second-order valence-corrected chi connectivity index (χ2v) is 7.92. The number of anilines is 1. The molecule has 22 heavy (non-hydrogen) atoms. The van der Waals surface area contributed by atoms with E-state index >= 15 is 0 Å². The zero-order valence-electron chi connectivity index (χ0n) is 13.1. The first kappa shape index (κ1) is 17.2. The standard InChI is InChI=1S/C18H21IN2S/c1-18(2,3)14-7-9-16(10-8-14)21-17(22)20-12-13-5-4-6-15(19)11-13/h4-11H,12H2,1-3H3,(H2,20,21,22). The van der Waals surface area contributed by atoms with Crippen LogP contribution in [0.25, 0.3) is 0 Å². The molecule has 0 aliphatic heterocycles. The number of thiocarbonyl (C=S) groups is 1. The Morgan fingerprint density at radius 2 is 1.77 bits per heavy atom. The summed E-state index contributed by atoms with van der Waals surface area (Å²) in [5.74, 6) is 0. The molecule has 0 heterocycles. The predicted octanol–water partition coefficient (Wildman–Crippen LogP) is 5.08. The molecule has 2 N–H and O–H groups in total. The van der Waals surface area contributed by atoms with E-state index in [1.165, 1.54) is 14.7 Å². The molecule has 0 aliphatic rings. The molecule has 0 unspecified atom stereocenters. The fourth-order valence-electron chi connectivity index (χ4n) is 2.06. The topological polar surface area (TPSA) is 24.1 Å². The van der Waals surface area contributed by atoms with Gasteiger partial charge < -0.3 is 10.6 Å². The van der Waals surface area contributed by atoms with Gasteiger partial charge in [0.15, 0.2) is 5.11 Å². The van der Waals surface area contributed by atoms with E-state index in [1.54, 1.807) is 0 Å². The van der Waals surface area contributed by atoms with Crippen molar-refractivity contribution in [1.82, 2.24) is 5.32 Å². The van der Waals surface area contributed by atoms with Crippen LogP contribution in [-0.2, 0) is 12.0 Å². The van der Waals surface area contributed by atoms with Crippen molar-refractivity contribution in [3.8, 4) is 0 Å². The molecule has 2 nitrogen and oxygen atoms in total. The Balaban J connectivity index is 1.89. The molecule has 0 aromatic heterocycles. The lowest BCUT2D eigenvalue weighted by molar-refractivity contribution is 0.590. The number of hydrogen-bond acceptors (Lipinski definition) is 1. The van der Waals surface area contributed by atoms with Crippen molar-refractivity contribution in [2.45, 2.75) is 32.7 Å². The van der Waals surface area contributed by atoms with Crippen LogP contribution < -0.4 is 10.6 Å². The van der Waals surface area contributed by atoms with Gasteiger partial charge in [-0.1, -0.05) is 45.0 Å². The SMILES string of the molecule is CC(C)(C)c1ccc(NC(=S)NCc2cccc(I)c2)cc1. The van der Waals surface area contributed by atoms with Crippen molar-refractivity contribution in [2.24, 2.45) is 0 Å². The minimum absolute atomic E-state index is 0.168. The quantitative estimate of drug-likeness (QED) is 0.531. The molecule has 0 bridgehead atoms. The summed E-state index contributed by atoms with van der Waals surface area (Å²) < 4.78 is 1.23. The zero-order valence-corrected chi connectivity index (χ0v) is 16.1. The van der Waals surface area contributed by atoms with Crippen LogP contribution in [0.3, 0.4) is 0 Å². The second-order valence-electron chi connectivity index (χ2n) is 6.26. The number of rotatable bonds is 3. The van der Waals surface area contributed by atoms with Crippen LogP contribution in [0.4, 0.5) is 5.69 Å². The fraction of sp³-hybridized carbons (Fsp3) is 0.278. The lowest BCUT2D eigenvalue weighted by Crippen LogP contribution is -2.27. The molecule has 0 saturated heterocycles. The number of nitrogens with one attached hydrogen (secondary N) is 2. The summed E-state index contributed by atoms with van der Waals surface area (Å²) >= 11 is 7.66. The van der Waals surface area contributed by atoms with Gasteiger partial charge in [-0.05, 0) is 75.6 Å². The van der Waals surface area contributed by atoms with Crippen LogP contribution >= 0.6 is 34.8 Å². The van der Waals surface area contributed by atoms with Crippen molar-refractivity contribution in [3.05, 3.63) is 63.2 Å². The Morgan fingerprint density at radius 1 is 1.09 bits per heavy atom. The summed E-state index contributed by atoms with van der Waals surface area (Å²) in [4.78, 5) is 0. The van der Waals surface area contributed by atoms with Gasteiger partial charge in [0.25, 0.3) is 0 Å². The van der Waals surface area contributed by atoms with Crippen LogP contribution in [0.15, 0.2) is 48.5 Å². The van der Waals surface area contributed by atoms with E-state index in [2.05, 4.69) is 103 Å². The summed E-state index contributed by atoms with van der Waals surface area (Å²) in [6.07, 6.45) is 0. The molecule has 2 rings (SSSR count). The van der Waals surface area contributed by atoms with Gasteiger partial charge >= 0.3 is 0 Å². The van der Waals surface area contributed by atoms with E-state index in [-0.39, 0.29) is 5.41 Å². The van der Waals surface area contributed by atoms with Gasteiger partial charge in [0, 0.05) is 15.8 Å². The highest BCUT2D eigenvalue weighted by atomic mass is 127. The van der Waals surface area contributed by atoms with Gasteiger partial charge in [-0.2, -0.15) is 0 Å². The van der Waals surface area contributed by atoms with Gasteiger partial charge in [0.1, 0.15) is 0 Å². The first-order chi connectivity index (χ1) is 10.3.